The number of alkyl halides is 1. The van der Waals surface area contributed by atoms with Gasteiger partial charge in [-0.3, -0.25) is 4.79 Å². The van der Waals surface area contributed by atoms with E-state index in [1.807, 2.05) is 6.92 Å². The molecule has 0 aliphatic rings. The Hall–Kier alpha value is -0.0900. The molecule has 0 bridgehead atoms. The Labute approximate surface area is 81.2 Å². The number of aliphatic hydroxyl groups excluding tert-OH is 1. The Morgan fingerprint density at radius 1 is 1.67 bits per heavy atom. The van der Waals surface area contributed by atoms with Crippen LogP contribution >= 0.6 is 15.9 Å². The van der Waals surface area contributed by atoms with Gasteiger partial charge >= 0.3 is 5.97 Å². The lowest BCUT2D eigenvalue weighted by molar-refractivity contribution is -0.155. The van der Waals surface area contributed by atoms with E-state index in [1.54, 1.807) is 13.8 Å². The van der Waals surface area contributed by atoms with E-state index in [-0.39, 0.29) is 17.4 Å². The topological polar surface area (TPSA) is 46.5 Å². The maximum absolute atomic E-state index is 11.2. The summed E-state index contributed by atoms with van der Waals surface area (Å²) < 4.78 is 4.91. The van der Waals surface area contributed by atoms with Crippen molar-refractivity contribution in [1.29, 1.82) is 0 Å². The van der Waals surface area contributed by atoms with Gasteiger partial charge in [-0.05, 0) is 20.8 Å². The molecule has 0 fully saturated rings. The molecule has 0 aliphatic carbocycles. The minimum absolute atomic E-state index is 0.149. The smallest absolute Gasteiger partial charge is 0.313 e. The number of rotatable bonds is 4. The second-order valence-electron chi connectivity index (χ2n) is 3.42. The van der Waals surface area contributed by atoms with Crippen LogP contribution in [0.3, 0.4) is 0 Å². The predicted molar refractivity (Wildman–Crippen MR) is 50.2 cm³/mol. The molecule has 0 saturated heterocycles. The van der Waals surface area contributed by atoms with Gasteiger partial charge in [-0.15, -0.1) is 0 Å². The first-order valence-corrected chi connectivity index (χ1v) is 4.74. The number of ether oxygens (including phenoxy) is 1. The minimum atomic E-state index is -0.790. The number of aliphatic hydroxyl groups is 1. The molecular formula is C8H15BrO3. The van der Waals surface area contributed by atoms with Crippen molar-refractivity contribution in [3.63, 3.8) is 0 Å². The molecule has 0 spiro atoms. The molecule has 72 valence electrons. The summed E-state index contributed by atoms with van der Waals surface area (Å²) >= 11 is 3.25. The molecule has 1 atom stereocenters. The summed E-state index contributed by atoms with van der Waals surface area (Å²) in [5.74, 6) is -0.365. The van der Waals surface area contributed by atoms with Gasteiger partial charge in [-0.1, -0.05) is 15.9 Å². The van der Waals surface area contributed by atoms with Crippen molar-refractivity contribution in [3.8, 4) is 0 Å². The van der Waals surface area contributed by atoms with E-state index in [1.165, 1.54) is 0 Å². The van der Waals surface area contributed by atoms with Gasteiger partial charge in [0.05, 0.1) is 12.0 Å². The van der Waals surface area contributed by atoms with E-state index < -0.39 is 5.41 Å². The third kappa shape index (κ3) is 4.07. The first kappa shape index (κ1) is 11.9. The highest BCUT2D eigenvalue weighted by Gasteiger charge is 2.28. The SMILES string of the molecule is CC(Br)COC(=O)C(C)(C)CO. The van der Waals surface area contributed by atoms with Gasteiger partial charge < -0.3 is 9.84 Å². The first-order valence-electron chi connectivity index (χ1n) is 3.82. The maximum Gasteiger partial charge on any atom is 0.313 e. The molecule has 0 rings (SSSR count). The van der Waals surface area contributed by atoms with Crippen LogP contribution in [-0.4, -0.2) is 29.1 Å². The second-order valence-corrected chi connectivity index (χ2v) is 4.98. The Kier molecular flexibility index (Phi) is 4.78. The summed E-state index contributed by atoms with van der Waals surface area (Å²) in [6.07, 6.45) is 0. The number of esters is 1. The summed E-state index contributed by atoms with van der Waals surface area (Å²) in [6.45, 7) is 5.33. The van der Waals surface area contributed by atoms with E-state index in [0.717, 1.165) is 0 Å². The second kappa shape index (κ2) is 4.82. The number of carbonyl (C=O) groups excluding carboxylic acids is 1. The molecule has 3 nitrogen and oxygen atoms in total. The lowest BCUT2D eigenvalue weighted by Gasteiger charge is -2.19. The zero-order valence-electron chi connectivity index (χ0n) is 7.63. The molecule has 12 heavy (non-hydrogen) atoms. The molecule has 0 amide bonds. The van der Waals surface area contributed by atoms with Crippen molar-refractivity contribution in [2.75, 3.05) is 13.2 Å². The number of hydrogen-bond donors (Lipinski definition) is 1. The van der Waals surface area contributed by atoms with Crippen molar-refractivity contribution in [1.82, 2.24) is 0 Å². The summed E-state index contributed by atoms with van der Waals surface area (Å²) in [4.78, 5) is 11.3. The third-order valence-corrected chi connectivity index (χ3v) is 1.66. The van der Waals surface area contributed by atoms with Crippen LogP contribution in [-0.2, 0) is 9.53 Å². The zero-order chi connectivity index (χ0) is 9.78. The highest BCUT2D eigenvalue weighted by atomic mass is 79.9. The molecule has 0 radical (unpaired) electrons. The maximum atomic E-state index is 11.2. The fraction of sp³-hybridized carbons (Fsp3) is 0.875. The van der Waals surface area contributed by atoms with E-state index in [0.29, 0.717) is 6.61 Å². The predicted octanol–water partition coefficient (Wildman–Crippen LogP) is 1.33. The summed E-state index contributed by atoms with van der Waals surface area (Å²) in [5, 5.41) is 8.82. The normalized spacial score (nSPS) is 14.1. The van der Waals surface area contributed by atoms with Gasteiger partial charge in [-0.2, -0.15) is 0 Å². The van der Waals surface area contributed by atoms with Crippen molar-refractivity contribution in [2.45, 2.75) is 25.6 Å². The molecular weight excluding hydrogens is 224 g/mol. The van der Waals surface area contributed by atoms with Gasteiger partial charge in [0.25, 0.3) is 0 Å². The molecule has 4 heteroatoms. The Morgan fingerprint density at radius 2 is 2.17 bits per heavy atom. The zero-order valence-corrected chi connectivity index (χ0v) is 9.22. The molecule has 0 aromatic rings. The van der Waals surface area contributed by atoms with Crippen molar-refractivity contribution in [2.24, 2.45) is 5.41 Å². The van der Waals surface area contributed by atoms with E-state index >= 15 is 0 Å². The van der Waals surface area contributed by atoms with Gasteiger partial charge in [0.15, 0.2) is 0 Å². The highest BCUT2D eigenvalue weighted by Crippen LogP contribution is 2.16. The van der Waals surface area contributed by atoms with Crippen LogP contribution in [0, 0.1) is 5.41 Å². The lowest BCUT2D eigenvalue weighted by Crippen LogP contribution is -2.31. The molecule has 0 saturated carbocycles. The summed E-state index contributed by atoms with van der Waals surface area (Å²) in [6, 6.07) is 0. The van der Waals surface area contributed by atoms with Crippen molar-refractivity contribution >= 4 is 21.9 Å². The lowest BCUT2D eigenvalue weighted by atomic mass is 9.95. The van der Waals surface area contributed by atoms with Crippen LogP contribution in [0.4, 0.5) is 0 Å². The monoisotopic (exact) mass is 238 g/mol. The Balaban J connectivity index is 3.88. The summed E-state index contributed by atoms with van der Waals surface area (Å²) in [5.41, 5.74) is -0.790. The molecule has 0 aromatic heterocycles. The van der Waals surface area contributed by atoms with Crippen LogP contribution in [0.5, 0.6) is 0 Å². The van der Waals surface area contributed by atoms with Gasteiger partial charge in [0.1, 0.15) is 6.61 Å². The molecule has 0 heterocycles. The van der Waals surface area contributed by atoms with Crippen LogP contribution in [0.2, 0.25) is 0 Å². The average Bonchev–Trinajstić information content (AvgIpc) is 2.00. The van der Waals surface area contributed by atoms with Crippen LogP contribution in [0.1, 0.15) is 20.8 Å². The Morgan fingerprint density at radius 3 is 2.50 bits per heavy atom. The fourth-order valence-corrected chi connectivity index (χ4v) is 0.583. The first-order chi connectivity index (χ1) is 5.40. The highest BCUT2D eigenvalue weighted by molar-refractivity contribution is 9.09. The largest absolute Gasteiger partial charge is 0.464 e. The van der Waals surface area contributed by atoms with Crippen LogP contribution in [0.15, 0.2) is 0 Å². The summed E-state index contributed by atoms with van der Waals surface area (Å²) in [7, 11) is 0. The Bertz CT molecular complexity index is 154. The fourth-order valence-electron chi connectivity index (χ4n) is 0.450. The molecule has 1 N–H and O–H groups in total. The van der Waals surface area contributed by atoms with Crippen molar-refractivity contribution in [3.05, 3.63) is 0 Å². The number of hydrogen-bond acceptors (Lipinski definition) is 3. The third-order valence-electron chi connectivity index (χ3n) is 1.39. The van der Waals surface area contributed by atoms with Crippen LogP contribution in [0.25, 0.3) is 0 Å². The number of carbonyl (C=O) groups is 1. The quantitative estimate of drug-likeness (QED) is 0.594. The minimum Gasteiger partial charge on any atom is -0.464 e. The van der Waals surface area contributed by atoms with E-state index in [4.69, 9.17) is 9.84 Å². The van der Waals surface area contributed by atoms with Crippen molar-refractivity contribution < 1.29 is 14.6 Å². The average molecular weight is 239 g/mol. The van der Waals surface area contributed by atoms with E-state index in [2.05, 4.69) is 15.9 Å². The van der Waals surface area contributed by atoms with Gasteiger partial charge in [0, 0.05) is 4.83 Å². The molecule has 1 unspecified atom stereocenters. The number of halogens is 1. The standard InChI is InChI=1S/C8H15BrO3/c1-6(9)4-12-7(11)8(2,3)5-10/h6,10H,4-5H2,1-3H3. The van der Waals surface area contributed by atoms with Crippen LogP contribution < -0.4 is 0 Å². The van der Waals surface area contributed by atoms with E-state index in [9.17, 15) is 4.79 Å². The molecule has 0 aromatic carbocycles. The van der Waals surface area contributed by atoms with Gasteiger partial charge in [-0.25, -0.2) is 0 Å². The van der Waals surface area contributed by atoms with Gasteiger partial charge in [0.2, 0.25) is 0 Å². The molecule has 0 aliphatic heterocycles.